The van der Waals surface area contributed by atoms with Gasteiger partial charge in [-0.2, -0.15) is 0 Å². The van der Waals surface area contributed by atoms with E-state index in [-0.39, 0.29) is 5.92 Å². The van der Waals surface area contributed by atoms with E-state index in [1.807, 2.05) is 18.3 Å². The van der Waals surface area contributed by atoms with Crippen LogP contribution in [0.15, 0.2) is 24.4 Å². The summed E-state index contributed by atoms with van der Waals surface area (Å²) in [5, 5.41) is 0. The van der Waals surface area contributed by atoms with Gasteiger partial charge >= 0.3 is 0 Å². The molecule has 1 aromatic heterocycles. The van der Waals surface area contributed by atoms with E-state index >= 15 is 0 Å². The Balaban J connectivity index is 1.44. The zero-order valence-electron chi connectivity index (χ0n) is 15.3. The second-order valence-electron chi connectivity index (χ2n) is 7.90. The molecule has 0 aromatic carbocycles. The van der Waals surface area contributed by atoms with E-state index < -0.39 is 0 Å². The molecule has 5 heteroatoms. The highest BCUT2D eigenvalue weighted by molar-refractivity contribution is 5.80. The Morgan fingerprint density at radius 2 is 1.84 bits per heavy atom. The molecule has 0 radical (unpaired) electrons. The van der Waals surface area contributed by atoms with Gasteiger partial charge in [-0.15, -0.1) is 0 Å². The van der Waals surface area contributed by atoms with Crippen molar-refractivity contribution in [1.29, 1.82) is 0 Å². The van der Waals surface area contributed by atoms with Gasteiger partial charge in [-0.1, -0.05) is 6.07 Å². The summed E-state index contributed by atoms with van der Waals surface area (Å²) in [5.41, 5.74) is 0. The Bertz CT molecular complexity index is 593. The number of rotatable bonds is 3. The fourth-order valence-electron chi connectivity index (χ4n) is 5.05. The first-order valence-corrected chi connectivity index (χ1v) is 9.91. The third kappa shape index (κ3) is 3.39. The van der Waals surface area contributed by atoms with E-state index in [0.717, 1.165) is 44.7 Å². The van der Waals surface area contributed by atoms with Gasteiger partial charge < -0.3 is 14.7 Å². The van der Waals surface area contributed by atoms with Crippen LogP contribution in [0.4, 0.5) is 5.82 Å². The lowest BCUT2D eigenvalue weighted by atomic mass is 9.95. The third-order valence-corrected chi connectivity index (χ3v) is 6.35. The molecule has 3 fully saturated rings. The van der Waals surface area contributed by atoms with E-state index in [4.69, 9.17) is 0 Å². The zero-order valence-corrected chi connectivity index (χ0v) is 15.3. The fourth-order valence-corrected chi connectivity index (χ4v) is 5.05. The van der Waals surface area contributed by atoms with E-state index in [0.29, 0.717) is 18.0 Å². The van der Waals surface area contributed by atoms with Gasteiger partial charge in [0.15, 0.2) is 0 Å². The van der Waals surface area contributed by atoms with Crippen molar-refractivity contribution in [3.05, 3.63) is 24.4 Å². The maximum Gasteiger partial charge on any atom is 0.227 e. The Morgan fingerprint density at radius 3 is 2.60 bits per heavy atom. The lowest BCUT2D eigenvalue weighted by molar-refractivity contribution is -0.137. The molecule has 1 aromatic rings. The maximum absolute atomic E-state index is 13.3. The van der Waals surface area contributed by atoms with Crippen molar-refractivity contribution in [3.63, 3.8) is 0 Å². The van der Waals surface area contributed by atoms with Gasteiger partial charge in [0.05, 0.1) is 5.92 Å². The second-order valence-corrected chi connectivity index (χ2v) is 7.90. The van der Waals surface area contributed by atoms with Gasteiger partial charge in [0.2, 0.25) is 5.91 Å². The first-order chi connectivity index (χ1) is 12.2. The lowest BCUT2D eigenvalue weighted by Crippen LogP contribution is -2.51. The van der Waals surface area contributed by atoms with Crippen molar-refractivity contribution in [2.24, 2.45) is 5.92 Å². The summed E-state index contributed by atoms with van der Waals surface area (Å²) in [6.45, 7) is 3.96. The van der Waals surface area contributed by atoms with Crippen LogP contribution in [0.2, 0.25) is 0 Å². The monoisotopic (exact) mass is 342 g/mol. The van der Waals surface area contributed by atoms with Gasteiger partial charge in [-0.25, -0.2) is 4.98 Å². The molecule has 0 spiro atoms. The number of amides is 1. The number of anilines is 1. The Kier molecular flexibility index (Phi) is 4.93. The Morgan fingerprint density at radius 1 is 1.04 bits per heavy atom. The molecule has 25 heavy (non-hydrogen) atoms. The quantitative estimate of drug-likeness (QED) is 0.846. The SMILES string of the molecule is CN1CCC[C@@H]1[C@H]1CCCN1C(=O)[C@H]1CCCN(c2ccccn2)C1. The topological polar surface area (TPSA) is 39.7 Å². The summed E-state index contributed by atoms with van der Waals surface area (Å²) in [4.78, 5) is 24.8. The van der Waals surface area contributed by atoms with Crippen molar-refractivity contribution in [2.45, 2.75) is 50.6 Å². The average Bonchev–Trinajstić information content (AvgIpc) is 3.30. The van der Waals surface area contributed by atoms with Crippen molar-refractivity contribution < 1.29 is 4.79 Å². The summed E-state index contributed by atoms with van der Waals surface area (Å²) in [6, 6.07) is 7.04. The number of nitrogens with zero attached hydrogens (tertiary/aromatic N) is 4. The van der Waals surface area contributed by atoms with Crippen LogP contribution in [-0.4, -0.2) is 66.0 Å². The van der Waals surface area contributed by atoms with Crippen LogP contribution in [0.5, 0.6) is 0 Å². The molecule has 3 atom stereocenters. The standard InChI is InChI=1S/C20H30N4O/c1-22-12-5-8-17(22)18-9-6-14-24(18)20(25)16-7-4-13-23(15-16)19-10-2-3-11-21-19/h2-3,10-11,16-18H,4-9,12-15H2,1H3/t16-,17+,18+/m0/s1. The molecule has 1 amide bonds. The number of piperidine rings is 1. The third-order valence-electron chi connectivity index (χ3n) is 6.35. The largest absolute Gasteiger partial charge is 0.356 e. The van der Waals surface area contributed by atoms with Crippen molar-refractivity contribution in [3.8, 4) is 0 Å². The van der Waals surface area contributed by atoms with E-state index in [2.05, 4.69) is 32.8 Å². The molecule has 3 aliphatic rings. The zero-order chi connectivity index (χ0) is 17.2. The van der Waals surface area contributed by atoms with Crippen molar-refractivity contribution in [2.75, 3.05) is 38.1 Å². The second kappa shape index (κ2) is 7.32. The molecule has 0 unspecified atom stereocenters. The predicted octanol–water partition coefficient (Wildman–Crippen LogP) is 2.38. The van der Waals surface area contributed by atoms with Crippen LogP contribution in [0.25, 0.3) is 0 Å². The number of likely N-dealkylation sites (N-methyl/N-ethyl adjacent to an activating group) is 1. The van der Waals surface area contributed by atoms with Crippen LogP contribution in [0.3, 0.4) is 0 Å². The summed E-state index contributed by atoms with van der Waals surface area (Å²) in [7, 11) is 2.22. The minimum Gasteiger partial charge on any atom is -0.356 e. The maximum atomic E-state index is 13.3. The molecule has 136 valence electrons. The summed E-state index contributed by atoms with van der Waals surface area (Å²) < 4.78 is 0. The molecule has 4 heterocycles. The molecule has 3 saturated heterocycles. The average molecular weight is 342 g/mol. The van der Waals surface area contributed by atoms with Crippen LogP contribution >= 0.6 is 0 Å². The smallest absolute Gasteiger partial charge is 0.227 e. The molecule has 0 N–H and O–H groups in total. The van der Waals surface area contributed by atoms with Crippen LogP contribution in [0.1, 0.15) is 38.5 Å². The number of aromatic nitrogens is 1. The van der Waals surface area contributed by atoms with Crippen LogP contribution in [-0.2, 0) is 4.79 Å². The molecular weight excluding hydrogens is 312 g/mol. The normalized spacial score (nSPS) is 30.8. The highest BCUT2D eigenvalue weighted by Gasteiger charge is 2.41. The molecule has 0 bridgehead atoms. The molecular formula is C20H30N4O. The first-order valence-electron chi connectivity index (χ1n) is 9.91. The molecule has 4 rings (SSSR count). The minimum atomic E-state index is 0.128. The van der Waals surface area contributed by atoms with Gasteiger partial charge in [0.1, 0.15) is 5.82 Å². The summed E-state index contributed by atoms with van der Waals surface area (Å²) >= 11 is 0. The van der Waals surface area contributed by atoms with Gasteiger partial charge in [-0.05, 0) is 64.3 Å². The molecule has 0 aliphatic carbocycles. The number of pyridine rings is 1. The number of carbonyl (C=O) groups is 1. The summed E-state index contributed by atoms with van der Waals surface area (Å²) in [5.74, 6) is 1.53. The highest BCUT2D eigenvalue weighted by Crippen LogP contribution is 2.32. The minimum absolute atomic E-state index is 0.128. The van der Waals surface area contributed by atoms with E-state index in [1.165, 1.54) is 25.8 Å². The highest BCUT2D eigenvalue weighted by atomic mass is 16.2. The molecule has 0 saturated carbocycles. The molecule has 3 aliphatic heterocycles. The lowest BCUT2D eigenvalue weighted by Gasteiger charge is -2.38. The predicted molar refractivity (Wildman–Crippen MR) is 99.6 cm³/mol. The van der Waals surface area contributed by atoms with Crippen molar-refractivity contribution in [1.82, 2.24) is 14.8 Å². The van der Waals surface area contributed by atoms with E-state index in [1.54, 1.807) is 0 Å². The number of hydrogen-bond acceptors (Lipinski definition) is 4. The first kappa shape index (κ1) is 16.8. The van der Waals surface area contributed by atoms with Crippen LogP contribution in [0, 0.1) is 5.92 Å². The molecule has 5 nitrogen and oxygen atoms in total. The Hall–Kier alpha value is -1.62. The number of likely N-dealkylation sites (tertiary alicyclic amines) is 2. The van der Waals surface area contributed by atoms with Crippen LogP contribution < -0.4 is 4.90 Å². The Labute approximate surface area is 151 Å². The number of hydrogen-bond donors (Lipinski definition) is 0. The van der Waals surface area contributed by atoms with Gasteiger partial charge in [0, 0.05) is 37.9 Å². The van der Waals surface area contributed by atoms with Crippen molar-refractivity contribution >= 4 is 11.7 Å². The van der Waals surface area contributed by atoms with Gasteiger partial charge in [-0.3, -0.25) is 4.79 Å². The number of carbonyl (C=O) groups excluding carboxylic acids is 1. The fraction of sp³-hybridized carbons (Fsp3) is 0.700. The van der Waals surface area contributed by atoms with E-state index in [9.17, 15) is 4.79 Å². The van der Waals surface area contributed by atoms with Gasteiger partial charge in [0.25, 0.3) is 0 Å². The summed E-state index contributed by atoms with van der Waals surface area (Å²) in [6.07, 6.45) is 8.80.